The summed E-state index contributed by atoms with van der Waals surface area (Å²) in [5.41, 5.74) is 5.36. The second-order valence-corrected chi connectivity index (χ2v) is 30.0. The second kappa shape index (κ2) is 25.5. The van der Waals surface area contributed by atoms with E-state index in [0.717, 1.165) is 55.0 Å². The molecule has 416 valence electrons. The van der Waals surface area contributed by atoms with Crippen LogP contribution in [0.3, 0.4) is 0 Å². The molecule has 1 aliphatic rings. The Morgan fingerprint density at radius 2 is 1.04 bits per heavy atom. The lowest BCUT2D eigenvalue weighted by molar-refractivity contribution is 0.0653. The van der Waals surface area contributed by atoms with Gasteiger partial charge in [0, 0.05) is 88.2 Å². The number of imide groups is 1. The van der Waals surface area contributed by atoms with Gasteiger partial charge in [-0.1, -0.05) is 213 Å². The number of carbonyl (C=O) groups is 2. The first-order valence-electron chi connectivity index (χ1n) is 30.2. The Kier molecular flexibility index (Phi) is 18.7. The Morgan fingerprint density at radius 1 is 0.481 bits per heavy atom. The molecule has 10 rings (SSSR count). The predicted molar refractivity (Wildman–Crippen MR) is 352 cm³/mol. The lowest BCUT2D eigenvalue weighted by Gasteiger charge is -2.30. The van der Waals surface area contributed by atoms with E-state index in [4.69, 9.17) is 0 Å². The van der Waals surface area contributed by atoms with Gasteiger partial charge in [0.1, 0.15) is 4.88 Å². The second-order valence-electron chi connectivity index (χ2n) is 23.5. The van der Waals surface area contributed by atoms with Crippen molar-refractivity contribution < 1.29 is 9.59 Å². The van der Waals surface area contributed by atoms with Crippen molar-refractivity contribution in [2.45, 2.75) is 189 Å². The number of nitrogens with zero attached hydrogens (tertiary/aromatic N) is 1. The van der Waals surface area contributed by atoms with Crippen LogP contribution in [0.5, 0.6) is 0 Å². The maximum Gasteiger partial charge on any atom is 0.271 e. The molecule has 1 aliphatic heterocycles. The zero-order valence-corrected chi connectivity index (χ0v) is 53.4. The van der Waals surface area contributed by atoms with E-state index >= 15 is 4.79 Å². The highest BCUT2D eigenvalue weighted by atomic mass is 32.1. The van der Waals surface area contributed by atoms with Gasteiger partial charge in [0.2, 0.25) is 0 Å². The first kappa shape index (κ1) is 58.0. The molecular formula is C70H83NO2S6. The number of hydrogen-bond acceptors (Lipinski definition) is 8. The Morgan fingerprint density at radius 3 is 1.62 bits per heavy atom. The molecule has 3 atom stereocenters. The minimum absolute atomic E-state index is 0.102. The van der Waals surface area contributed by atoms with Crippen LogP contribution in [0.1, 0.15) is 216 Å². The molecule has 0 radical (unpaired) electrons. The number of carbonyl (C=O) groups excluding carboxylic acids is 2. The number of benzene rings is 3. The maximum atomic E-state index is 15.0. The quantitative estimate of drug-likeness (QED) is 0.0362. The molecule has 7 heterocycles. The average molecular weight is 1160 g/mol. The Hall–Kier alpha value is -4.22. The van der Waals surface area contributed by atoms with Crippen molar-refractivity contribution in [2.75, 3.05) is 6.54 Å². The zero-order valence-electron chi connectivity index (χ0n) is 48.5. The summed E-state index contributed by atoms with van der Waals surface area (Å²) in [6.07, 6.45) is 20.8. The number of unbranched alkanes of at least 4 members (excludes halogenated alkanes) is 7. The molecule has 9 aromatic rings. The molecule has 3 nitrogen and oxygen atoms in total. The molecule has 0 saturated heterocycles. The van der Waals surface area contributed by atoms with Crippen molar-refractivity contribution in [1.82, 2.24) is 4.90 Å². The Bertz CT molecular complexity index is 3410. The summed E-state index contributed by atoms with van der Waals surface area (Å²) in [6, 6.07) is 36.9. The SMILES string of the molecule is CCCCCCCCN1C(=O)c2sc3c(-c4cc5c(-c6ccc(CC(CC)CCCC)s6)c6sc(C(C)(C)c7ccccc7)cc6c(-c6ccc(CC(CC)CCCC)s6)c5s4)sc(C(C)(CCC)c4ccccc4)c3c2C1=O. The molecule has 3 unspecified atom stereocenters. The summed E-state index contributed by atoms with van der Waals surface area (Å²) in [5, 5.41) is 3.68. The fourth-order valence-electron chi connectivity index (χ4n) is 12.6. The van der Waals surface area contributed by atoms with Crippen LogP contribution in [0.25, 0.3) is 60.9 Å². The summed E-state index contributed by atoms with van der Waals surface area (Å²) in [7, 11) is 0. The summed E-state index contributed by atoms with van der Waals surface area (Å²) in [4.78, 5) is 42.6. The number of amides is 2. The van der Waals surface area contributed by atoms with Crippen LogP contribution >= 0.6 is 68.0 Å². The van der Waals surface area contributed by atoms with Crippen LogP contribution in [0, 0.1) is 11.8 Å². The molecule has 0 fully saturated rings. The molecule has 0 N–H and O–H groups in total. The van der Waals surface area contributed by atoms with Gasteiger partial charge in [0.25, 0.3) is 11.8 Å². The van der Waals surface area contributed by atoms with Gasteiger partial charge >= 0.3 is 0 Å². The van der Waals surface area contributed by atoms with Crippen LogP contribution in [-0.2, 0) is 23.7 Å². The highest BCUT2D eigenvalue weighted by Gasteiger charge is 2.44. The van der Waals surface area contributed by atoms with Crippen LogP contribution in [0.15, 0.2) is 97.1 Å². The molecule has 0 saturated carbocycles. The molecule has 6 aromatic heterocycles. The van der Waals surface area contributed by atoms with Crippen molar-refractivity contribution in [3.05, 3.63) is 138 Å². The average Bonchev–Trinajstić information content (AvgIpc) is 3.32. The van der Waals surface area contributed by atoms with E-state index in [-0.39, 0.29) is 22.6 Å². The van der Waals surface area contributed by atoms with Gasteiger partial charge in [0.15, 0.2) is 0 Å². The zero-order chi connectivity index (χ0) is 55.4. The van der Waals surface area contributed by atoms with E-state index in [1.54, 1.807) is 16.2 Å². The summed E-state index contributed by atoms with van der Waals surface area (Å²) < 4.78 is 3.80. The molecule has 3 aromatic carbocycles. The smallest absolute Gasteiger partial charge is 0.271 e. The topological polar surface area (TPSA) is 37.4 Å². The predicted octanol–water partition coefficient (Wildman–Crippen LogP) is 23.4. The van der Waals surface area contributed by atoms with Crippen molar-refractivity contribution >= 4 is 110 Å². The van der Waals surface area contributed by atoms with Gasteiger partial charge in [-0.15, -0.1) is 68.0 Å². The van der Waals surface area contributed by atoms with Gasteiger partial charge < -0.3 is 0 Å². The summed E-state index contributed by atoms with van der Waals surface area (Å²) in [6.45, 7) is 21.6. The van der Waals surface area contributed by atoms with E-state index in [2.05, 4.69) is 159 Å². The van der Waals surface area contributed by atoms with Crippen molar-refractivity contribution in [1.29, 1.82) is 0 Å². The molecule has 9 heteroatoms. The van der Waals surface area contributed by atoms with Crippen molar-refractivity contribution in [3.63, 3.8) is 0 Å². The molecule has 79 heavy (non-hydrogen) atoms. The number of rotatable bonds is 28. The van der Waals surface area contributed by atoms with Gasteiger partial charge in [-0.3, -0.25) is 14.5 Å². The highest BCUT2D eigenvalue weighted by Crippen LogP contribution is 2.59. The lowest BCUT2D eigenvalue weighted by Crippen LogP contribution is -2.31. The van der Waals surface area contributed by atoms with Gasteiger partial charge in [0.05, 0.1) is 15.1 Å². The van der Waals surface area contributed by atoms with Crippen molar-refractivity contribution in [3.8, 4) is 30.6 Å². The first-order chi connectivity index (χ1) is 38.4. The van der Waals surface area contributed by atoms with E-state index in [9.17, 15) is 4.79 Å². The minimum Gasteiger partial charge on any atom is -0.274 e. The van der Waals surface area contributed by atoms with E-state index in [0.29, 0.717) is 28.8 Å². The highest BCUT2D eigenvalue weighted by molar-refractivity contribution is 7.32. The van der Waals surface area contributed by atoms with Gasteiger partial charge in [-0.05, 0) is 85.0 Å². The molecule has 0 aliphatic carbocycles. The normalized spacial score (nSPS) is 14.6. The van der Waals surface area contributed by atoms with Crippen LogP contribution in [-0.4, -0.2) is 23.3 Å². The Balaban J connectivity index is 1.22. The number of thiophene rings is 6. The standard InChI is InChI=1S/C70H83NO2S6/c1-10-16-19-20-21-28-40-71-67(72)60-59-64(78-65(60)68(71)73)63(79-66(59)70(9,39-13-4)48-33-26-23-27-34-48)55-43-51-57(53-37-35-49(74-53)41-45(14-5)29-17-11-2)62-52(44-56(77-62)69(7,8)47-31-24-22-25-32-47)58(61(51)76-55)54-38-36-50(75-54)42-46(15-6)30-18-12-3/h22-27,31-38,43-46H,10-21,28-30,39-42H2,1-9H3. The monoisotopic (exact) mass is 1160 g/mol. The van der Waals surface area contributed by atoms with E-state index < -0.39 is 0 Å². The van der Waals surface area contributed by atoms with E-state index in [1.807, 2.05) is 56.7 Å². The third kappa shape index (κ3) is 11.5. The van der Waals surface area contributed by atoms with Crippen LogP contribution in [0.2, 0.25) is 0 Å². The summed E-state index contributed by atoms with van der Waals surface area (Å²) >= 11 is 11.4. The van der Waals surface area contributed by atoms with Gasteiger partial charge in [-0.2, -0.15) is 0 Å². The number of fused-ring (bicyclic) bond motifs is 5. The largest absolute Gasteiger partial charge is 0.274 e. The van der Waals surface area contributed by atoms with Crippen LogP contribution < -0.4 is 0 Å². The number of hydrogen-bond donors (Lipinski definition) is 0. The summed E-state index contributed by atoms with van der Waals surface area (Å²) in [5.74, 6) is 1.16. The third-order valence-corrected chi connectivity index (χ3v) is 25.4. The molecule has 2 amide bonds. The van der Waals surface area contributed by atoms with Crippen LogP contribution in [0.4, 0.5) is 0 Å². The maximum absolute atomic E-state index is 15.0. The Labute approximate surface area is 496 Å². The molecular weight excluding hydrogens is 1080 g/mol. The van der Waals surface area contributed by atoms with Crippen molar-refractivity contribution in [2.24, 2.45) is 11.8 Å². The minimum atomic E-state index is -0.374. The molecule has 0 bridgehead atoms. The van der Waals surface area contributed by atoms with Gasteiger partial charge in [-0.25, -0.2) is 0 Å². The molecule has 0 spiro atoms. The first-order valence-corrected chi connectivity index (χ1v) is 35.1. The third-order valence-electron chi connectivity index (χ3n) is 17.5. The lowest BCUT2D eigenvalue weighted by atomic mass is 9.76. The fraction of sp³-hybridized carbons (Fsp3) is 0.457. The van der Waals surface area contributed by atoms with E-state index in [1.165, 1.54) is 152 Å². The fourth-order valence-corrected chi connectivity index (χ4v) is 20.8.